The van der Waals surface area contributed by atoms with Crippen molar-refractivity contribution in [3.8, 4) is 11.5 Å². The number of carboxylic acids is 1. The van der Waals surface area contributed by atoms with Gasteiger partial charge in [0, 0.05) is 6.54 Å². The second-order valence-electron chi connectivity index (χ2n) is 5.51. The third-order valence-corrected chi connectivity index (χ3v) is 4.37. The number of benzene rings is 1. The summed E-state index contributed by atoms with van der Waals surface area (Å²) in [7, 11) is 5.30. The Bertz CT molecular complexity index is 628. The summed E-state index contributed by atoms with van der Waals surface area (Å²) < 4.78 is 10.7. The van der Waals surface area contributed by atoms with E-state index in [0.29, 0.717) is 11.4 Å². The van der Waals surface area contributed by atoms with Gasteiger partial charge in [0.15, 0.2) is 11.5 Å². The van der Waals surface area contributed by atoms with E-state index >= 15 is 0 Å². The number of ether oxygens (including phenoxy) is 2. The largest absolute Gasteiger partial charge is 0.493 e. The van der Waals surface area contributed by atoms with E-state index in [0.717, 1.165) is 24.3 Å². The lowest BCUT2D eigenvalue weighted by Crippen LogP contribution is -2.34. The van der Waals surface area contributed by atoms with Crippen LogP contribution in [-0.2, 0) is 11.2 Å². The summed E-state index contributed by atoms with van der Waals surface area (Å²) in [5, 5.41) is 9.35. The highest BCUT2D eigenvalue weighted by Gasteiger charge is 2.39. The number of methoxy groups -OCH3 is 2. The highest BCUT2D eigenvalue weighted by molar-refractivity contribution is 6.14. The van der Waals surface area contributed by atoms with Gasteiger partial charge in [0.2, 0.25) is 0 Å². The third-order valence-electron chi connectivity index (χ3n) is 4.37. The fraction of sp³-hybridized carbons (Fsp3) is 0.400. The van der Waals surface area contributed by atoms with Crippen LogP contribution >= 0.6 is 0 Å². The Morgan fingerprint density at radius 2 is 2.00 bits per heavy atom. The molecule has 1 N–H and O–H groups in total. The molecule has 0 radical (unpaired) electrons. The van der Waals surface area contributed by atoms with Gasteiger partial charge in [-0.1, -0.05) is 6.08 Å². The van der Waals surface area contributed by atoms with Crippen LogP contribution in [0.5, 0.6) is 11.5 Å². The van der Waals surface area contributed by atoms with Crippen LogP contribution in [0.2, 0.25) is 5.82 Å². The number of hydrogen-bond donors (Lipinski definition) is 1. The average Bonchev–Trinajstić information content (AvgIpc) is 2.83. The van der Waals surface area contributed by atoms with Crippen molar-refractivity contribution in [1.82, 2.24) is 4.90 Å². The van der Waals surface area contributed by atoms with Crippen molar-refractivity contribution in [3.05, 3.63) is 35.0 Å². The summed E-state index contributed by atoms with van der Waals surface area (Å²) in [5.74, 6) is 0.720. The summed E-state index contributed by atoms with van der Waals surface area (Å²) >= 11 is 0. The van der Waals surface area contributed by atoms with Gasteiger partial charge in [-0.2, -0.15) is 0 Å². The van der Waals surface area contributed by atoms with Crippen molar-refractivity contribution in [2.45, 2.75) is 18.3 Å². The normalized spacial score (nSPS) is 23.1. The second kappa shape index (κ2) is 5.02. The van der Waals surface area contributed by atoms with Gasteiger partial charge in [0.25, 0.3) is 0 Å². The minimum absolute atomic E-state index is 0.0691. The van der Waals surface area contributed by atoms with Crippen LogP contribution in [0.1, 0.15) is 17.2 Å². The molecule has 2 unspecified atom stereocenters. The fourth-order valence-corrected chi connectivity index (χ4v) is 3.44. The number of rotatable bonds is 3. The van der Waals surface area contributed by atoms with Crippen LogP contribution in [0, 0.1) is 0 Å². The zero-order valence-electron chi connectivity index (χ0n) is 12.4. The predicted octanol–water partition coefficient (Wildman–Crippen LogP) is 1.01. The number of aliphatic carboxylic acids is 1. The molecule has 1 aromatic rings. The van der Waals surface area contributed by atoms with E-state index in [1.54, 1.807) is 14.2 Å². The van der Waals surface area contributed by atoms with Crippen molar-refractivity contribution in [1.29, 1.82) is 0 Å². The van der Waals surface area contributed by atoms with Gasteiger partial charge in [-0.25, -0.2) is 4.79 Å². The zero-order valence-corrected chi connectivity index (χ0v) is 12.4. The predicted molar refractivity (Wildman–Crippen MR) is 80.7 cm³/mol. The Hall–Kier alpha value is -2.11. The lowest BCUT2D eigenvalue weighted by Gasteiger charge is -2.37. The van der Waals surface area contributed by atoms with Crippen LogP contribution in [0.25, 0.3) is 0 Å². The van der Waals surface area contributed by atoms with E-state index in [4.69, 9.17) is 9.47 Å². The second-order valence-corrected chi connectivity index (χ2v) is 5.51. The number of nitrogens with zero attached hydrogens (tertiary/aromatic N) is 1. The molecule has 5 nitrogen and oxygen atoms in total. The molecule has 2 aliphatic rings. The summed E-state index contributed by atoms with van der Waals surface area (Å²) in [4.78, 5) is 13.4. The topological polar surface area (TPSA) is 59.0 Å². The highest BCUT2D eigenvalue weighted by Crippen LogP contribution is 2.47. The van der Waals surface area contributed by atoms with Crippen molar-refractivity contribution >= 4 is 13.8 Å². The number of carbonyl (C=O) groups is 1. The minimum atomic E-state index is -0.853. The van der Waals surface area contributed by atoms with Crippen LogP contribution in [0.3, 0.4) is 0 Å². The molecule has 0 fully saturated rings. The standard InChI is InChI=1S/C15H18BNO4/c1-20-12-5-8-3-4-17-11(15(18)19)7-10(16)14(17)9(8)6-13(12)21-2/h5-7,10,14H,3-4,16H2,1-2H3,(H,18,19). The highest BCUT2D eigenvalue weighted by atomic mass is 16.5. The van der Waals surface area contributed by atoms with Crippen LogP contribution in [0.15, 0.2) is 23.9 Å². The molecule has 2 aliphatic heterocycles. The summed E-state index contributed by atoms with van der Waals surface area (Å²) in [6, 6.07) is 4.07. The SMILES string of the molecule is BC1C=C(C(=O)O)N2CCc3cc(OC)c(OC)cc3C12. The first-order valence-corrected chi connectivity index (χ1v) is 7.03. The van der Waals surface area contributed by atoms with E-state index < -0.39 is 5.97 Å². The maximum absolute atomic E-state index is 11.4. The fourth-order valence-electron chi connectivity index (χ4n) is 3.44. The molecular formula is C15H18BNO4. The van der Waals surface area contributed by atoms with Gasteiger partial charge in [-0.15, -0.1) is 0 Å². The molecule has 0 spiro atoms. The van der Waals surface area contributed by atoms with Crippen molar-refractivity contribution < 1.29 is 19.4 Å². The van der Waals surface area contributed by atoms with Crippen LogP contribution in [0.4, 0.5) is 0 Å². The Balaban J connectivity index is 2.06. The van der Waals surface area contributed by atoms with Gasteiger partial charge >= 0.3 is 5.97 Å². The lowest BCUT2D eigenvalue weighted by atomic mass is 9.76. The van der Waals surface area contributed by atoms with Gasteiger partial charge < -0.3 is 19.5 Å². The quantitative estimate of drug-likeness (QED) is 0.841. The average molecular weight is 287 g/mol. The zero-order chi connectivity index (χ0) is 15.1. The Morgan fingerprint density at radius 1 is 1.33 bits per heavy atom. The molecule has 0 saturated heterocycles. The first-order chi connectivity index (χ1) is 10.1. The first kappa shape index (κ1) is 13.9. The monoisotopic (exact) mass is 287 g/mol. The molecule has 3 rings (SSSR count). The molecule has 0 bridgehead atoms. The summed E-state index contributed by atoms with van der Waals surface area (Å²) in [5.41, 5.74) is 2.76. The Kier molecular flexibility index (Phi) is 3.31. The molecule has 110 valence electrons. The van der Waals surface area contributed by atoms with Gasteiger partial charge in [0.1, 0.15) is 13.5 Å². The smallest absolute Gasteiger partial charge is 0.351 e. The molecule has 21 heavy (non-hydrogen) atoms. The number of carboxylic acid groups (broad SMARTS) is 1. The van der Waals surface area contributed by atoms with Crippen LogP contribution in [-0.4, -0.2) is 44.6 Å². The molecule has 2 heterocycles. The first-order valence-electron chi connectivity index (χ1n) is 7.03. The maximum Gasteiger partial charge on any atom is 0.351 e. The van der Waals surface area contributed by atoms with E-state index in [1.807, 2.05) is 23.1 Å². The van der Waals surface area contributed by atoms with Crippen molar-refractivity contribution in [2.24, 2.45) is 0 Å². The molecule has 6 heteroatoms. The van der Waals surface area contributed by atoms with E-state index in [2.05, 4.69) is 7.85 Å². The van der Waals surface area contributed by atoms with E-state index in [1.165, 1.54) is 5.56 Å². The molecule has 1 aromatic carbocycles. The summed E-state index contributed by atoms with van der Waals surface area (Å²) in [6.07, 6.45) is 2.66. The van der Waals surface area contributed by atoms with Gasteiger partial charge in [-0.3, -0.25) is 0 Å². The lowest BCUT2D eigenvalue weighted by molar-refractivity contribution is -0.134. The van der Waals surface area contributed by atoms with E-state index in [9.17, 15) is 9.90 Å². The molecule has 0 amide bonds. The number of fused-ring (bicyclic) bond motifs is 3. The molecule has 2 atom stereocenters. The third kappa shape index (κ3) is 2.06. The van der Waals surface area contributed by atoms with E-state index in [-0.39, 0.29) is 11.9 Å². The van der Waals surface area contributed by atoms with Gasteiger partial charge in [-0.05, 0) is 35.5 Å². The Labute approximate surface area is 124 Å². The van der Waals surface area contributed by atoms with Crippen molar-refractivity contribution in [3.63, 3.8) is 0 Å². The minimum Gasteiger partial charge on any atom is -0.493 e. The Morgan fingerprint density at radius 3 is 2.62 bits per heavy atom. The van der Waals surface area contributed by atoms with Crippen molar-refractivity contribution in [2.75, 3.05) is 20.8 Å². The summed E-state index contributed by atoms with van der Waals surface area (Å²) in [6.45, 7) is 0.718. The number of hydrogen-bond acceptors (Lipinski definition) is 4. The van der Waals surface area contributed by atoms with Crippen LogP contribution < -0.4 is 9.47 Å². The van der Waals surface area contributed by atoms with Gasteiger partial charge in [0.05, 0.1) is 20.3 Å². The molecule has 0 saturated carbocycles. The molecular weight excluding hydrogens is 269 g/mol. The maximum atomic E-state index is 11.4. The molecule has 0 aromatic heterocycles. The molecule has 0 aliphatic carbocycles.